The van der Waals surface area contributed by atoms with Gasteiger partial charge in [0.15, 0.2) is 0 Å². The number of nitrogens with two attached hydrogens (primary N) is 1. The highest BCUT2D eigenvalue weighted by atomic mass is 127. The Morgan fingerprint density at radius 2 is 1.31 bits per heavy atom. The van der Waals surface area contributed by atoms with Gasteiger partial charge < -0.3 is 34.6 Å². The van der Waals surface area contributed by atoms with Crippen molar-refractivity contribution in [3.8, 4) is 11.8 Å². The second-order valence-electron chi connectivity index (χ2n) is 12.1. The summed E-state index contributed by atoms with van der Waals surface area (Å²) >= 11 is 7.59. The fraction of sp³-hybridized carbons (Fsp3) is 0.514. The SMILES string of the molecule is CC(C)(C)OC(=O)N(C/C=C/C(=O)N1CCCC1)CCOc1ccc(I)cn1.Cl.NCCOc1ccc(I)cn1.O=C(/C=C/CBr)N1CCCC1. The first-order valence-electron chi connectivity index (χ1n) is 16.6. The number of likely N-dealkylation sites (tertiary alicyclic amines) is 2. The van der Waals surface area contributed by atoms with E-state index in [0.717, 1.165) is 64.3 Å². The molecule has 0 bridgehead atoms. The summed E-state index contributed by atoms with van der Waals surface area (Å²) in [5.74, 6) is 1.28. The van der Waals surface area contributed by atoms with Crippen LogP contribution in [-0.4, -0.2) is 113 Å². The molecule has 2 fully saturated rings. The van der Waals surface area contributed by atoms with Crippen LogP contribution < -0.4 is 15.2 Å². The Labute approximate surface area is 344 Å². The molecule has 0 unspecified atom stereocenters. The number of carbonyl (C=O) groups excluding carboxylic acids is 3. The van der Waals surface area contributed by atoms with Crippen molar-refractivity contribution in [1.82, 2.24) is 24.7 Å². The molecule has 2 aliphatic rings. The minimum absolute atomic E-state index is 0. The van der Waals surface area contributed by atoms with Crippen LogP contribution in [0.1, 0.15) is 46.5 Å². The van der Waals surface area contributed by atoms with E-state index in [9.17, 15) is 14.4 Å². The second-order valence-corrected chi connectivity index (χ2v) is 15.2. The average molecular weight is 1020 g/mol. The molecule has 0 spiro atoms. The number of pyridine rings is 2. The lowest BCUT2D eigenvalue weighted by molar-refractivity contribution is -0.125. The van der Waals surface area contributed by atoms with Crippen molar-refractivity contribution in [1.29, 1.82) is 0 Å². The van der Waals surface area contributed by atoms with Gasteiger partial charge in [0, 0.05) is 82.3 Å². The molecule has 2 aliphatic heterocycles. The largest absolute Gasteiger partial charge is 0.476 e. The number of ether oxygens (including phenoxy) is 3. The van der Waals surface area contributed by atoms with Gasteiger partial charge in [0.1, 0.15) is 18.8 Å². The lowest BCUT2D eigenvalue weighted by Gasteiger charge is -2.26. The summed E-state index contributed by atoms with van der Waals surface area (Å²) in [6.45, 7) is 10.9. The van der Waals surface area contributed by atoms with Crippen LogP contribution in [0.3, 0.4) is 0 Å². The van der Waals surface area contributed by atoms with Gasteiger partial charge in [-0.15, -0.1) is 12.4 Å². The fourth-order valence-electron chi connectivity index (χ4n) is 4.41. The van der Waals surface area contributed by atoms with Gasteiger partial charge in [-0.05, 0) is 110 Å². The third-order valence-corrected chi connectivity index (χ3v) is 8.45. The number of hydrogen-bond acceptors (Lipinski definition) is 9. The van der Waals surface area contributed by atoms with Crippen LogP contribution in [0.25, 0.3) is 0 Å². The summed E-state index contributed by atoms with van der Waals surface area (Å²) in [5, 5.41) is 0.757. The average Bonchev–Trinajstić information content (AvgIpc) is 3.83. The molecule has 2 saturated heterocycles. The topological polar surface area (TPSA) is 140 Å². The zero-order chi connectivity index (χ0) is 36.8. The van der Waals surface area contributed by atoms with Gasteiger partial charge in [-0.2, -0.15) is 0 Å². The number of halogens is 4. The molecular weight excluding hydrogens is 970 g/mol. The lowest BCUT2D eigenvalue weighted by atomic mass is 10.2. The van der Waals surface area contributed by atoms with Gasteiger partial charge in [0.25, 0.3) is 0 Å². The van der Waals surface area contributed by atoms with Crippen LogP contribution in [0.15, 0.2) is 61.0 Å². The quantitative estimate of drug-likeness (QED) is 0.144. The third kappa shape index (κ3) is 21.2. The molecule has 16 heteroatoms. The van der Waals surface area contributed by atoms with E-state index in [1.165, 1.54) is 11.0 Å². The first-order valence-corrected chi connectivity index (χ1v) is 19.8. The minimum Gasteiger partial charge on any atom is -0.476 e. The zero-order valence-electron chi connectivity index (χ0n) is 29.5. The van der Waals surface area contributed by atoms with Gasteiger partial charge in [-0.1, -0.05) is 28.1 Å². The van der Waals surface area contributed by atoms with Crippen molar-refractivity contribution in [2.24, 2.45) is 5.73 Å². The van der Waals surface area contributed by atoms with E-state index in [0.29, 0.717) is 31.5 Å². The zero-order valence-corrected chi connectivity index (χ0v) is 36.2. The fourth-order valence-corrected chi connectivity index (χ4v) is 5.24. The summed E-state index contributed by atoms with van der Waals surface area (Å²) in [6.07, 6.45) is 14.2. The van der Waals surface area contributed by atoms with E-state index in [2.05, 4.69) is 71.1 Å². The minimum atomic E-state index is -0.594. The molecule has 0 saturated carbocycles. The van der Waals surface area contributed by atoms with Crippen molar-refractivity contribution < 1.29 is 28.6 Å². The van der Waals surface area contributed by atoms with Crippen LogP contribution >= 0.6 is 73.5 Å². The third-order valence-electron chi connectivity index (χ3n) is 6.80. The first kappa shape index (κ1) is 46.8. The summed E-state index contributed by atoms with van der Waals surface area (Å²) < 4.78 is 18.4. The van der Waals surface area contributed by atoms with E-state index in [-0.39, 0.29) is 37.4 Å². The maximum atomic E-state index is 12.5. The van der Waals surface area contributed by atoms with Crippen LogP contribution in [-0.2, 0) is 14.3 Å². The molecule has 284 valence electrons. The second kappa shape index (κ2) is 26.5. The molecule has 0 aromatic carbocycles. The highest BCUT2D eigenvalue weighted by molar-refractivity contribution is 14.1. The van der Waals surface area contributed by atoms with E-state index in [1.54, 1.807) is 30.6 Å². The highest BCUT2D eigenvalue weighted by Gasteiger charge is 2.22. The van der Waals surface area contributed by atoms with Gasteiger partial charge in [0.05, 0.1) is 6.54 Å². The molecule has 0 aliphatic carbocycles. The number of aromatic nitrogens is 2. The van der Waals surface area contributed by atoms with Crippen molar-refractivity contribution in [3.05, 3.63) is 68.1 Å². The predicted molar refractivity (Wildman–Crippen MR) is 223 cm³/mol. The molecule has 0 atom stereocenters. The number of nitrogens with zero attached hydrogens (tertiary/aromatic N) is 5. The molecule has 2 aromatic rings. The summed E-state index contributed by atoms with van der Waals surface area (Å²) in [7, 11) is 0. The molecule has 4 heterocycles. The number of alkyl halides is 1. The Bertz CT molecular complexity index is 1350. The van der Waals surface area contributed by atoms with Gasteiger partial charge in [-0.3, -0.25) is 9.59 Å². The Morgan fingerprint density at radius 3 is 1.73 bits per heavy atom. The molecular formula is C35H50BrClI2N6O6. The molecule has 0 radical (unpaired) electrons. The molecule has 51 heavy (non-hydrogen) atoms. The van der Waals surface area contributed by atoms with Gasteiger partial charge in [0.2, 0.25) is 23.6 Å². The number of amides is 3. The van der Waals surface area contributed by atoms with E-state index in [1.807, 2.05) is 54.8 Å². The van der Waals surface area contributed by atoms with Crippen LogP contribution in [0, 0.1) is 7.14 Å². The Balaban J connectivity index is 0.000000462. The number of allylic oxidation sites excluding steroid dienone is 1. The Hall–Kier alpha value is -2.22. The molecule has 4 rings (SSSR count). The molecule has 2 aromatic heterocycles. The van der Waals surface area contributed by atoms with E-state index in [4.69, 9.17) is 19.9 Å². The first-order chi connectivity index (χ1) is 23.9. The number of hydrogen-bond donors (Lipinski definition) is 1. The normalized spacial score (nSPS) is 13.9. The maximum absolute atomic E-state index is 12.5. The standard InChI is InChI=1S/C20H28IN3O4.C8H12BrNO.C7H9IN2O.ClH/c1-20(2,3)28-19(26)24(12-6-7-18(25)23-10-4-5-11-23)13-14-27-17-9-8-16(21)15-22-17;9-5-3-4-8(11)10-6-1-2-7-10;8-6-1-2-7(10-5-6)11-4-3-9;/h6-9,15H,4-5,10-14H2,1-3H3;3-4H,1-2,5-7H2;1-2,5H,3-4,9H2;1H/b7-6+;4-3+;;. The van der Waals surface area contributed by atoms with Crippen molar-refractivity contribution in [2.45, 2.75) is 52.1 Å². The Kier molecular flexibility index (Phi) is 24.3. The summed E-state index contributed by atoms with van der Waals surface area (Å²) in [6, 6.07) is 7.46. The molecule has 3 amide bonds. The number of rotatable bonds is 12. The van der Waals surface area contributed by atoms with Crippen molar-refractivity contribution in [2.75, 3.05) is 64.4 Å². The van der Waals surface area contributed by atoms with E-state index >= 15 is 0 Å². The van der Waals surface area contributed by atoms with Crippen LogP contribution in [0.5, 0.6) is 11.8 Å². The maximum Gasteiger partial charge on any atom is 0.410 e. The van der Waals surface area contributed by atoms with E-state index < -0.39 is 11.7 Å². The van der Waals surface area contributed by atoms with Crippen molar-refractivity contribution >= 4 is 91.4 Å². The summed E-state index contributed by atoms with van der Waals surface area (Å²) in [5.41, 5.74) is 4.66. The monoisotopic (exact) mass is 1020 g/mol. The van der Waals surface area contributed by atoms with Gasteiger partial charge in [-0.25, -0.2) is 14.8 Å². The number of carbonyl (C=O) groups is 3. The van der Waals surface area contributed by atoms with Gasteiger partial charge >= 0.3 is 6.09 Å². The van der Waals surface area contributed by atoms with Crippen LogP contribution in [0.4, 0.5) is 4.79 Å². The highest BCUT2D eigenvalue weighted by Crippen LogP contribution is 2.13. The summed E-state index contributed by atoms with van der Waals surface area (Å²) in [4.78, 5) is 49.3. The van der Waals surface area contributed by atoms with Crippen LogP contribution in [0.2, 0.25) is 0 Å². The molecule has 12 nitrogen and oxygen atoms in total. The predicted octanol–water partition coefficient (Wildman–Crippen LogP) is 6.49. The Morgan fingerprint density at radius 1 is 0.843 bits per heavy atom. The lowest BCUT2D eigenvalue weighted by Crippen LogP contribution is -2.39. The molecule has 2 N–H and O–H groups in total. The smallest absolute Gasteiger partial charge is 0.410 e. The van der Waals surface area contributed by atoms with Crippen molar-refractivity contribution in [3.63, 3.8) is 0 Å².